The second-order valence-corrected chi connectivity index (χ2v) is 11.2. The van der Waals surface area contributed by atoms with Crippen LogP contribution in [0.1, 0.15) is 37.0 Å². The number of nitrogens with one attached hydrogen (secondary N) is 1. The van der Waals surface area contributed by atoms with E-state index in [1.54, 1.807) is 0 Å². The molecule has 0 atom stereocenters. The summed E-state index contributed by atoms with van der Waals surface area (Å²) < 4.78 is 83.2. The summed E-state index contributed by atoms with van der Waals surface area (Å²) in [5.41, 5.74) is 0. The number of rotatable bonds is 2. The molecule has 3 aliphatic heterocycles. The number of carbonyl (C=O) groups is 2. The van der Waals surface area contributed by atoms with E-state index in [0.717, 1.165) is 18.2 Å². The Morgan fingerprint density at radius 2 is 0.978 bits per heavy atom. The van der Waals surface area contributed by atoms with Gasteiger partial charge in [-0.2, -0.15) is 25.3 Å². The minimum absolute atomic E-state index is 0. The molecule has 7 N–H and O–H groups in total. The fraction of sp³-hybridized carbons (Fsp3) is 0.389. The number of hydrogen-bond acceptors (Lipinski definition) is 15. The van der Waals surface area contributed by atoms with Gasteiger partial charge >= 0.3 is 137 Å². The van der Waals surface area contributed by atoms with Crippen molar-refractivity contribution in [2.75, 3.05) is 12.4 Å². The van der Waals surface area contributed by atoms with Crippen LogP contribution in [0.5, 0.6) is 0 Å². The van der Waals surface area contributed by atoms with E-state index < -0.39 is 48.6 Å². The Balaban J connectivity index is -0.0000000562. The average molecular weight is 821 g/mol. The topological polar surface area (TPSA) is 377 Å². The van der Waals surface area contributed by atoms with Gasteiger partial charge in [0.1, 0.15) is 23.1 Å². The second-order valence-electron chi connectivity index (χ2n) is 6.74. The van der Waals surface area contributed by atoms with Crippen molar-refractivity contribution in [1.29, 1.82) is 0 Å². The summed E-state index contributed by atoms with van der Waals surface area (Å²) in [5.74, 6) is -2.61. The maximum Gasteiger partial charge on any atom is 1.00 e. The molecule has 1 amide bonds. The van der Waals surface area contributed by atoms with Gasteiger partial charge in [0, 0.05) is 24.7 Å². The monoisotopic (exact) mass is 819 g/mol. The van der Waals surface area contributed by atoms with Crippen LogP contribution in [0, 0.1) is 0 Å². The fourth-order valence-corrected chi connectivity index (χ4v) is 3.94. The van der Waals surface area contributed by atoms with Crippen LogP contribution >= 0.6 is 23.2 Å². The molecular weight excluding hydrogens is 790 g/mol. The Hall–Kier alpha value is -0.247. The Morgan fingerprint density at radius 3 is 1.09 bits per heavy atom. The summed E-state index contributed by atoms with van der Waals surface area (Å²) in [4.78, 5) is 20.4. The molecule has 0 aromatic heterocycles. The number of carbonyl (C=O) groups excluding carboxylic acids is 2. The molecule has 28 heteroatoms. The fourth-order valence-electron chi connectivity index (χ4n) is 1.87. The Labute approximate surface area is 363 Å². The van der Waals surface area contributed by atoms with Gasteiger partial charge in [0.15, 0.2) is 0 Å². The van der Waals surface area contributed by atoms with E-state index in [4.69, 9.17) is 23.2 Å². The minimum Gasteiger partial charge on any atom is -0.870 e. The van der Waals surface area contributed by atoms with Crippen LogP contribution in [0.25, 0.3) is 0 Å². The zero-order valence-corrected chi connectivity index (χ0v) is 35.4. The van der Waals surface area contributed by atoms with E-state index in [1.807, 2.05) is 0 Å². The van der Waals surface area contributed by atoms with E-state index in [9.17, 15) is 50.2 Å². The smallest absolute Gasteiger partial charge is 0.870 e. The van der Waals surface area contributed by atoms with Crippen molar-refractivity contribution in [3.63, 3.8) is 0 Å². The van der Waals surface area contributed by atoms with Gasteiger partial charge in [0.25, 0.3) is 0 Å². The maximum atomic E-state index is 10.4. The normalized spacial score (nSPS) is 16.5. The molecular formula is C18H31Cl2K2N4O17S3+. The summed E-state index contributed by atoms with van der Waals surface area (Å²) >= 11 is 9.53. The van der Waals surface area contributed by atoms with Crippen LogP contribution in [-0.2, 0) is 58.5 Å². The number of halogens is 2. The quantitative estimate of drug-likeness (QED) is 0.117. The van der Waals surface area contributed by atoms with Crippen molar-refractivity contribution < 1.29 is 185 Å². The molecule has 3 rings (SSSR count). The number of hydrogen-bond donors (Lipinski definition) is 1. The van der Waals surface area contributed by atoms with E-state index in [0.29, 0.717) is 0 Å². The first kappa shape index (κ1) is 61.0. The number of amides is 1. The third-order valence-electron chi connectivity index (χ3n) is 2.98. The summed E-state index contributed by atoms with van der Waals surface area (Å²) in [6.07, 6.45) is 3.00. The Bertz CT molecular complexity index is 1340. The van der Waals surface area contributed by atoms with Gasteiger partial charge in [-0.05, 0) is 45.9 Å². The molecule has 0 aromatic carbocycles. The summed E-state index contributed by atoms with van der Waals surface area (Å²) in [6, 6.07) is 0. The average Bonchev–Trinajstić information content (AvgIpc) is 2.69. The molecule has 0 aliphatic carbocycles. The van der Waals surface area contributed by atoms with Gasteiger partial charge in [-0.15, -0.1) is 36.4 Å². The molecule has 258 valence electrons. The molecule has 46 heavy (non-hydrogen) atoms. The van der Waals surface area contributed by atoms with Gasteiger partial charge < -0.3 is 49.6 Å². The number of nitrogens with zero attached hydrogens (tertiary/aromatic N) is 3. The van der Waals surface area contributed by atoms with E-state index in [2.05, 4.69) is 31.1 Å². The summed E-state index contributed by atoms with van der Waals surface area (Å²) in [7, 11) is -10.4. The zero-order valence-electron chi connectivity index (χ0n) is 27.2. The Morgan fingerprint density at radius 1 is 0.761 bits per heavy atom. The number of allylic oxidation sites excluding steroid dienone is 3. The molecule has 3 heterocycles. The van der Waals surface area contributed by atoms with Crippen molar-refractivity contribution in [3.05, 3.63) is 35.5 Å². The van der Waals surface area contributed by atoms with Crippen molar-refractivity contribution in [2.45, 2.75) is 34.1 Å². The summed E-state index contributed by atoms with van der Waals surface area (Å²) in [6.45, 7) is 5.48. The maximum absolute atomic E-state index is 10.4. The van der Waals surface area contributed by atoms with Crippen LogP contribution < -0.4 is 123 Å². The molecule has 0 saturated carbocycles. The molecule has 0 bridgehead atoms. The minimum atomic E-state index is -3.97. The molecule has 0 unspecified atom stereocenters. The van der Waals surface area contributed by atoms with Crippen LogP contribution in [0.15, 0.2) is 48.7 Å². The molecule has 0 fully saturated rings. The van der Waals surface area contributed by atoms with Crippen LogP contribution in [0.4, 0.5) is 0 Å². The third kappa shape index (κ3) is 35.1. The molecule has 0 radical (unpaired) electrons. The van der Waals surface area contributed by atoms with Crippen LogP contribution in [-0.4, -0.2) is 78.0 Å². The molecule has 0 aromatic rings. The molecule has 0 saturated heterocycles. The first-order valence-electron chi connectivity index (χ1n) is 10.1. The standard InChI is InChI=1S/C5H9NO2.3C4H5NO4S.CH2Cl2.2K.3H2O/c1-4(7)3-5(8)6-2;3*1-3-2-4(6)5-10(7,8)9-3;2-1-3;;;;;/h3H2,1-2H3,(H,6,8);3*2H,1H3,(H,5,6);1H2;;;3*1H2/q;;;;;2*+1;;;/p-1. The number of Topliss-reactive ketones (excluding diaryl/α,β-unsaturated/α-hetero) is 1. The van der Waals surface area contributed by atoms with Crippen LogP contribution in [0.2, 0.25) is 0 Å². The second kappa shape index (κ2) is 29.7. The largest absolute Gasteiger partial charge is 1.00 e. The molecule has 21 nitrogen and oxygen atoms in total. The van der Waals surface area contributed by atoms with Crippen molar-refractivity contribution >= 4 is 83.5 Å². The predicted molar refractivity (Wildman–Crippen MR) is 152 cm³/mol. The number of alkyl halides is 2. The van der Waals surface area contributed by atoms with Gasteiger partial charge in [0.2, 0.25) is 5.91 Å². The van der Waals surface area contributed by atoms with Crippen molar-refractivity contribution in [1.82, 2.24) is 5.32 Å². The predicted octanol–water partition coefficient (Wildman–Crippen LogP) is -9.79. The van der Waals surface area contributed by atoms with Gasteiger partial charge in [-0.3, -0.25) is 9.59 Å². The number of ketones is 1. The third-order valence-corrected chi connectivity index (χ3v) is 5.62. The van der Waals surface area contributed by atoms with E-state index in [1.165, 1.54) is 34.7 Å². The van der Waals surface area contributed by atoms with Crippen molar-refractivity contribution in [3.8, 4) is 0 Å². The van der Waals surface area contributed by atoms with Crippen LogP contribution in [0.3, 0.4) is 0 Å². The molecule has 3 aliphatic rings. The van der Waals surface area contributed by atoms with Gasteiger partial charge in [0.05, 0.1) is 11.8 Å². The Kier molecular flexibility index (Phi) is 39.3. The first-order chi connectivity index (χ1) is 18.6. The van der Waals surface area contributed by atoms with E-state index in [-0.39, 0.29) is 163 Å². The van der Waals surface area contributed by atoms with Gasteiger partial charge in [-0.1, -0.05) is 0 Å². The first-order valence-corrected chi connectivity index (χ1v) is 15.2. The van der Waals surface area contributed by atoms with Crippen molar-refractivity contribution in [2.24, 2.45) is 13.2 Å². The summed E-state index contributed by atoms with van der Waals surface area (Å²) in [5, 5.41) is 33.7. The SMILES string of the molecule is CC1=CC([O-])=NS(=O)(=O)O1.CC1=CC([O-])=NS(=O)(=O)O1.CC1=CC([O-])=NS(=O)(=O)O1.CNC(=O)CC(C)=O.ClCCl.O.[H+].[H+].[K+].[K+].[OH-].[OH3+]. The van der Waals surface area contributed by atoms with Gasteiger partial charge in [-0.25, -0.2) is 0 Å². The molecule has 0 spiro atoms. The van der Waals surface area contributed by atoms with E-state index >= 15 is 0 Å². The zero-order chi connectivity index (χ0) is 32.6.